The molecule has 0 saturated heterocycles. The van der Waals surface area contributed by atoms with Crippen LogP contribution in [0.15, 0.2) is 0 Å². The molecule has 0 unspecified atom stereocenters. The molecular weight excluding hydrogens is 208 g/mol. The van der Waals surface area contributed by atoms with Crippen LogP contribution in [0.4, 0.5) is 0 Å². The lowest BCUT2D eigenvalue weighted by Crippen LogP contribution is -2.24. The fourth-order valence-corrected chi connectivity index (χ4v) is 1.53. The average Bonchev–Trinajstić information content (AvgIpc) is 1.99. The minimum Gasteiger partial charge on any atom is -0.468 e. The molecule has 0 N–H and O–H groups in total. The smallest absolute Gasteiger partial charge is 0.323 e. The molecule has 0 aromatic rings. The molecule has 0 spiro atoms. The normalized spacial score (nSPS) is 12.6. The third kappa shape index (κ3) is 6.85. The number of carbonyl (C=O) groups excluding carboxylic acids is 1. The SMILES string of the molecule is COC(=O)CS(=O)(=O)OCC(C)(C)C. The molecule has 0 aliphatic heterocycles. The summed E-state index contributed by atoms with van der Waals surface area (Å²) in [5.74, 6) is -1.56. The number of hydrogen-bond donors (Lipinski definition) is 0. The Bertz CT molecular complexity index is 285. The van der Waals surface area contributed by atoms with Crippen molar-refractivity contribution in [2.75, 3.05) is 19.5 Å². The summed E-state index contributed by atoms with van der Waals surface area (Å²) in [5, 5.41) is 0. The zero-order valence-electron chi connectivity index (χ0n) is 8.86. The van der Waals surface area contributed by atoms with E-state index in [1.807, 2.05) is 20.8 Å². The second kappa shape index (κ2) is 4.75. The number of esters is 1. The van der Waals surface area contributed by atoms with Crippen LogP contribution in [0.1, 0.15) is 20.8 Å². The van der Waals surface area contributed by atoms with Crippen LogP contribution in [0.2, 0.25) is 0 Å². The molecule has 0 aromatic heterocycles. The van der Waals surface area contributed by atoms with Crippen molar-refractivity contribution in [3.05, 3.63) is 0 Å². The minimum atomic E-state index is -3.80. The molecule has 0 aliphatic rings. The van der Waals surface area contributed by atoms with Gasteiger partial charge in [0.05, 0.1) is 13.7 Å². The van der Waals surface area contributed by atoms with Gasteiger partial charge in [-0.25, -0.2) is 0 Å². The molecule has 0 aromatic carbocycles. The van der Waals surface area contributed by atoms with E-state index in [2.05, 4.69) is 8.92 Å². The topological polar surface area (TPSA) is 69.7 Å². The predicted octanol–water partition coefficient (Wildman–Crippen LogP) is 0.552. The lowest BCUT2D eigenvalue weighted by Gasteiger charge is -2.17. The zero-order valence-corrected chi connectivity index (χ0v) is 9.68. The first kappa shape index (κ1) is 13.4. The minimum absolute atomic E-state index is 0.0479. The molecule has 0 aliphatic carbocycles. The Morgan fingerprint density at radius 3 is 2.14 bits per heavy atom. The standard InChI is InChI=1S/C8H16O5S/c1-8(2,3)6-13-14(10,11)5-7(9)12-4/h5-6H2,1-4H3. The van der Waals surface area contributed by atoms with Gasteiger partial charge in [0.15, 0.2) is 5.75 Å². The maximum atomic E-state index is 11.1. The summed E-state index contributed by atoms with van der Waals surface area (Å²) >= 11 is 0. The summed E-state index contributed by atoms with van der Waals surface area (Å²) < 4.78 is 31.1. The number of rotatable bonds is 4. The number of hydrogen-bond acceptors (Lipinski definition) is 5. The van der Waals surface area contributed by atoms with E-state index >= 15 is 0 Å². The fraction of sp³-hybridized carbons (Fsp3) is 0.875. The molecular formula is C8H16O5S. The highest BCUT2D eigenvalue weighted by atomic mass is 32.2. The molecule has 5 nitrogen and oxygen atoms in total. The number of carbonyl (C=O) groups is 1. The second-order valence-corrected chi connectivity index (χ2v) is 5.74. The Balaban J connectivity index is 4.17. The first-order valence-electron chi connectivity index (χ1n) is 4.10. The average molecular weight is 224 g/mol. The van der Waals surface area contributed by atoms with Crippen molar-refractivity contribution in [3.63, 3.8) is 0 Å². The highest BCUT2D eigenvalue weighted by Crippen LogP contribution is 2.14. The molecule has 14 heavy (non-hydrogen) atoms. The van der Waals surface area contributed by atoms with Crippen molar-refractivity contribution >= 4 is 16.1 Å². The van der Waals surface area contributed by atoms with Gasteiger partial charge in [-0.3, -0.25) is 8.98 Å². The van der Waals surface area contributed by atoms with Gasteiger partial charge < -0.3 is 4.74 Å². The van der Waals surface area contributed by atoms with Gasteiger partial charge in [0.2, 0.25) is 0 Å². The summed E-state index contributed by atoms with van der Waals surface area (Å²) in [4.78, 5) is 10.7. The lowest BCUT2D eigenvalue weighted by atomic mass is 9.99. The van der Waals surface area contributed by atoms with E-state index in [1.165, 1.54) is 0 Å². The van der Waals surface area contributed by atoms with E-state index in [-0.39, 0.29) is 12.0 Å². The first-order chi connectivity index (χ1) is 6.16. The van der Waals surface area contributed by atoms with Crippen LogP contribution in [-0.2, 0) is 23.8 Å². The lowest BCUT2D eigenvalue weighted by molar-refractivity contribution is -0.137. The van der Waals surface area contributed by atoms with E-state index in [0.29, 0.717) is 0 Å². The van der Waals surface area contributed by atoms with Gasteiger partial charge in [-0.15, -0.1) is 0 Å². The van der Waals surface area contributed by atoms with Crippen LogP contribution in [0.5, 0.6) is 0 Å². The van der Waals surface area contributed by atoms with E-state index in [9.17, 15) is 13.2 Å². The van der Waals surface area contributed by atoms with Crippen molar-refractivity contribution < 1.29 is 22.1 Å². The Kier molecular flexibility index (Phi) is 4.54. The van der Waals surface area contributed by atoms with Crippen LogP contribution in [0, 0.1) is 5.41 Å². The van der Waals surface area contributed by atoms with Gasteiger partial charge in [0.1, 0.15) is 0 Å². The van der Waals surface area contributed by atoms with Crippen molar-refractivity contribution in [2.45, 2.75) is 20.8 Å². The van der Waals surface area contributed by atoms with Gasteiger partial charge in [0, 0.05) is 0 Å². The fourth-order valence-electron chi connectivity index (χ4n) is 0.511. The van der Waals surface area contributed by atoms with Crippen molar-refractivity contribution in [2.24, 2.45) is 5.41 Å². The monoisotopic (exact) mass is 224 g/mol. The van der Waals surface area contributed by atoms with E-state index in [4.69, 9.17) is 0 Å². The molecule has 0 amide bonds. The van der Waals surface area contributed by atoms with Crippen molar-refractivity contribution in [1.29, 1.82) is 0 Å². The summed E-state index contributed by atoms with van der Waals surface area (Å²) in [6.45, 7) is 5.55. The van der Waals surface area contributed by atoms with Gasteiger partial charge in [0.25, 0.3) is 10.1 Å². The summed E-state index contributed by atoms with van der Waals surface area (Å²) in [7, 11) is -2.67. The molecule has 0 heterocycles. The third-order valence-electron chi connectivity index (χ3n) is 1.19. The zero-order chi connectivity index (χ0) is 11.4. The molecule has 0 saturated carbocycles. The third-order valence-corrected chi connectivity index (χ3v) is 2.26. The van der Waals surface area contributed by atoms with Crippen molar-refractivity contribution in [1.82, 2.24) is 0 Å². The highest BCUT2D eigenvalue weighted by molar-refractivity contribution is 7.87. The number of methoxy groups -OCH3 is 1. The van der Waals surface area contributed by atoms with Crippen molar-refractivity contribution in [3.8, 4) is 0 Å². The predicted molar refractivity (Wildman–Crippen MR) is 51.2 cm³/mol. The van der Waals surface area contributed by atoms with E-state index in [1.54, 1.807) is 0 Å². The van der Waals surface area contributed by atoms with E-state index < -0.39 is 21.8 Å². The van der Waals surface area contributed by atoms with Crippen LogP contribution < -0.4 is 0 Å². The molecule has 0 fully saturated rings. The molecule has 0 radical (unpaired) electrons. The Hall–Kier alpha value is -0.620. The highest BCUT2D eigenvalue weighted by Gasteiger charge is 2.21. The Morgan fingerprint density at radius 2 is 1.79 bits per heavy atom. The molecule has 0 rings (SSSR count). The number of ether oxygens (including phenoxy) is 1. The van der Waals surface area contributed by atoms with Gasteiger partial charge in [-0.2, -0.15) is 8.42 Å². The molecule has 6 heteroatoms. The van der Waals surface area contributed by atoms with Crippen LogP contribution in [-0.4, -0.2) is 33.9 Å². The second-order valence-electron chi connectivity index (χ2n) is 4.10. The summed E-state index contributed by atoms with van der Waals surface area (Å²) in [6.07, 6.45) is 0. The van der Waals surface area contributed by atoms with Crippen LogP contribution >= 0.6 is 0 Å². The van der Waals surface area contributed by atoms with Crippen LogP contribution in [0.3, 0.4) is 0 Å². The molecule has 0 atom stereocenters. The Labute approximate surface area is 84.5 Å². The summed E-state index contributed by atoms with van der Waals surface area (Å²) in [6, 6.07) is 0. The van der Waals surface area contributed by atoms with E-state index in [0.717, 1.165) is 7.11 Å². The van der Waals surface area contributed by atoms with Crippen LogP contribution in [0.25, 0.3) is 0 Å². The maximum Gasteiger partial charge on any atom is 0.323 e. The van der Waals surface area contributed by atoms with Gasteiger partial charge in [-0.05, 0) is 5.41 Å². The summed E-state index contributed by atoms with van der Waals surface area (Å²) in [5.41, 5.74) is -0.261. The molecule has 0 bridgehead atoms. The first-order valence-corrected chi connectivity index (χ1v) is 5.68. The maximum absolute atomic E-state index is 11.1. The quantitative estimate of drug-likeness (QED) is 0.515. The van der Waals surface area contributed by atoms with Gasteiger partial charge in [-0.1, -0.05) is 20.8 Å². The van der Waals surface area contributed by atoms with Gasteiger partial charge >= 0.3 is 5.97 Å². The largest absolute Gasteiger partial charge is 0.468 e. The molecule has 84 valence electrons. The Morgan fingerprint density at radius 1 is 1.29 bits per heavy atom.